The predicted molar refractivity (Wildman–Crippen MR) is 139 cm³/mol. The Hall–Kier alpha value is -4.51. The minimum Gasteiger partial charge on any atom is -0.506 e. The Morgan fingerprint density at radius 3 is 2.26 bits per heavy atom. The number of rotatable bonds is 8. The highest BCUT2D eigenvalue weighted by Gasteiger charge is 2.16. The third-order valence-corrected chi connectivity index (χ3v) is 6.03. The molecule has 0 spiro atoms. The van der Waals surface area contributed by atoms with Crippen molar-refractivity contribution in [1.82, 2.24) is 0 Å². The number of para-hydroxylation sites is 1. The van der Waals surface area contributed by atoms with E-state index in [2.05, 4.69) is 47.8 Å². The first-order valence-corrected chi connectivity index (χ1v) is 11.5. The summed E-state index contributed by atoms with van der Waals surface area (Å²) in [4.78, 5) is 10.8. The number of carboxylic acids is 1. The number of phenolic OH excluding ortho intramolecular Hbond substituents is 1. The highest BCUT2D eigenvalue weighted by molar-refractivity contribution is 5.96. The molecule has 0 aliphatic rings. The average Bonchev–Trinajstić information content (AvgIpc) is 3.23. The number of fused-ring (bicyclic) bond motifs is 1. The SMILES string of the molecule is O=C(O)CCNc1cc(-c2ccc(-c3c(Cc4ccccc4)oc4ccccc34)cc2)ccc1O. The lowest BCUT2D eigenvalue weighted by Crippen LogP contribution is -2.07. The number of aromatic hydroxyl groups is 1. The molecular formula is C30H25NO4. The lowest BCUT2D eigenvalue weighted by atomic mass is 9.96. The number of carbonyl (C=O) groups is 1. The number of aliphatic carboxylic acids is 1. The van der Waals surface area contributed by atoms with E-state index in [9.17, 15) is 9.90 Å². The zero-order valence-corrected chi connectivity index (χ0v) is 19.1. The summed E-state index contributed by atoms with van der Waals surface area (Å²) in [6, 6.07) is 32.0. The molecule has 5 heteroatoms. The maximum absolute atomic E-state index is 10.8. The molecule has 0 fully saturated rings. The van der Waals surface area contributed by atoms with Crippen LogP contribution < -0.4 is 5.32 Å². The van der Waals surface area contributed by atoms with Gasteiger partial charge >= 0.3 is 5.97 Å². The third-order valence-electron chi connectivity index (χ3n) is 6.03. The summed E-state index contributed by atoms with van der Waals surface area (Å²) in [6.45, 7) is 0.239. The molecule has 0 amide bonds. The summed E-state index contributed by atoms with van der Waals surface area (Å²) >= 11 is 0. The zero-order chi connectivity index (χ0) is 24.2. The van der Waals surface area contributed by atoms with Crippen molar-refractivity contribution in [3.8, 4) is 28.0 Å². The van der Waals surface area contributed by atoms with Gasteiger partial charge in [-0.25, -0.2) is 0 Å². The fraction of sp³-hybridized carbons (Fsp3) is 0.100. The topological polar surface area (TPSA) is 82.7 Å². The molecule has 0 saturated carbocycles. The second kappa shape index (κ2) is 9.77. The molecule has 1 aromatic heterocycles. The van der Waals surface area contributed by atoms with Gasteiger partial charge in [-0.3, -0.25) is 4.79 Å². The summed E-state index contributed by atoms with van der Waals surface area (Å²) in [5.74, 6) is 0.132. The van der Waals surface area contributed by atoms with Crippen molar-refractivity contribution in [2.24, 2.45) is 0 Å². The second-order valence-corrected chi connectivity index (χ2v) is 8.44. The van der Waals surface area contributed by atoms with Gasteiger partial charge < -0.3 is 19.9 Å². The largest absolute Gasteiger partial charge is 0.506 e. The lowest BCUT2D eigenvalue weighted by Gasteiger charge is -2.11. The predicted octanol–water partition coefficient (Wildman–Crippen LogP) is 6.95. The zero-order valence-electron chi connectivity index (χ0n) is 19.1. The van der Waals surface area contributed by atoms with E-state index in [1.54, 1.807) is 6.07 Å². The standard InChI is InChI=1S/C30H25NO4/c32-26-15-14-23(19-25(26)31-17-16-29(33)34)21-10-12-22(13-11-21)30-24-8-4-5-9-27(24)35-28(30)18-20-6-2-1-3-7-20/h1-15,19,31-32H,16-18H2,(H,33,34). The summed E-state index contributed by atoms with van der Waals surface area (Å²) in [6.07, 6.45) is 0.679. The van der Waals surface area contributed by atoms with Crippen LogP contribution in [-0.4, -0.2) is 22.7 Å². The van der Waals surface area contributed by atoms with E-state index in [1.807, 2.05) is 48.5 Å². The van der Waals surface area contributed by atoms with Crippen LogP contribution in [0, 0.1) is 0 Å². The van der Waals surface area contributed by atoms with Crippen molar-refractivity contribution in [2.75, 3.05) is 11.9 Å². The van der Waals surface area contributed by atoms with Gasteiger partial charge in [0.25, 0.3) is 0 Å². The molecule has 4 aromatic carbocycles. The summed E-state index contributed by atoms with van der Waals surface area (Å²) < 4.78 is 6.28. The van der Waals surface area contributed by atoms with E-state index in [0.29, 0.717) is 12.1 Å². The van der Waals surface area contributed by atoms with Gasteiger partial charge in [-0.2, -0.15) is 0 Å². The van der Waals surface area contributed by atoms with Crippen molar-refractivity contribution in [3.63, 3.8) is 0 Å². The van der Waals surface area contributed by atoms with Crippen LogP contribution in [0.3, 0.4) is 0 Å². The molecule has 174 valence electrons. The number of hydrogen-bond acceptors (Lipinski definition) is 4. The Balaban J connectivity index is 1.47. The quantitative estimate of drug-likeness (QED) is 0.217. The van der Waals surface area contributed by atoms with Crippen LogP contribution in [0.1, 0.15) is 17.7 Å². The molecule has 5 aromatic rings. The number of anilines is 1. The maximum atomic E-state index is 10.8. The third kappa shape index (κ3) is 4.89. The van der Waals surface area contributed by atoms with Crippen LogP contribution in [0.4, 0.5) is 5.69 Å². The van der Waals surface area contributed by atoms with E-state index >= 15 is 0 Å². The van der Waals surface area contributed by atoms with Crippen molar-refractivity contribution in [2.45, 2.75) is 12.8 Å². The van der Waals surface area contributed by atoms with Gasteiger partial charge in [0.05, 0.1) is 12.1 Å². The number of carboxylic acid groups (broad SMARTS) is 1. The number of furan rings is 1. The van der Waals surface area contributed by atoms with Crippen LogP contribution in [-0.2, 0) is 11.2 Å². The fourth-order valence-electron chi connectivity index (χ4n) is 4.31. The Bertz CT molecular complexity index is 1470. The van der Waals surface area contributed by atoms with E-state index in [0.717, 1.165) is 39.0 Å². The smallest absolute Gasteiger partial charge is 0.305 e. The van der Waals surface area contributed by atoms with Crippen molar-refractivity contribution in [3.05, 3.63) is 108 Å². The van der Waals surface area contributed by atoms with Crippen LogP contribution in [0.25, 0.3) is 33.2 Å². The molecule has 0 unspecified atom stereocenters. The van der Waals surface area contributed by atoms with Gasteiger partial charge in [0.15, 0.2) is 0 Å². The number of nitrogens with one attached hydrogen (secondary N) is 1. The minimum absolute atomic E-state index is 0.0255. The highest BCUT2D eigenvalue weighted by Crippen LogP contribution is 2.37. The molecule has 0 bridgehead atoms. The highest BCUT2D eigenvalue weighted by atomic mass is 16.4. The monoisotopic (exact) mass is 463 g/mol. The molecule has 3 N–H and O–H groups in total. The Kier molecular flexibility index (Phi) is 6.22. The molecule has 5 rings (SSSR count). The molecule has 5 nitrogen and oxygen atoms in total. The average molecular weight is 464 g/mol. The maximum Gasteiger partial charge on any atom is 0.305 e. The first-order valence-electron chi connectivity index (χ1n) is 11.5. The molecule has 35 heavy (non-hydrogen) atoms. The van der Waals surface area contributed by atoms with Crippen molar-refractivity contribution in [1.29, 1.82) is 0 Å². The van der Waals surface area contributed by atoms with Crippen molar-refractivity contribution < 1.29 is 19.4 Å². The van der Waals surface area contributed by atoms with E-state index < -0.39 is 5.97 Å². The molecule has 0 saturated heterocycles. The molecule has 0 aliphatic carbocycles. The molecule has 0 atom stereocenters. The van der Waals surface area contributed by atoms with Gasteiger partial charge in [0, 0.05) is 23.9 Å². The van der Waals surface area contributed by atoms with E-state index in [4.69, 9.17) is 9.52 Å². The summed E-state index contributed by atoms with van der Waals surface area (Å²) in [5, 5.41) is 23.1. The summed E-state index contributed by atoms with van der Waals surface area (Å²) in [7, 11) is 0. The number of hydrogen-bond donors (Lipinski definition) is 3. The number of benzene rings is 4. The van der Waals surface area contributed by atoms with Crippen LogP contribution in [0.2, 0.25) is 0 Å². The van der Waals surface area contributed by atoms with E-state index in [1.165, 1.54) is 5.56 Å². The molecule has 0 radical (unpaired) electrons. The molecule has 1 heterocycles. The van der Waals surface area contributed by atoms with Gasteiger partial charge in [-0.1, -0.05) is 78.9 Å². The second-order valence-electron chi connectivity index (χ2n) is 8.44. The van der Waals surface area contributed by atoms with Crippen molar-refractivity contribution >= 4 is 22.6 Å². The first-order chi connectivity index (χ1) is 17.1. The van der Waals surface area contributed by atoms with Crippen LogP contribution in [0.15, 0.2) is 101 Å². The van der Waals surface area contributed by atoms with Crippen LogP contribution >= 0.6 is 0 Å². The molecular weight excluding hydrogens is 438 g/mol. The Labute approximate surface area is 203 Å². The molecule has 0 aliphatic heterocycles. The summed E-state index contributed by atoms with van der Waals surface area (Å²) in [5.41, 5.74) is 6.66. The van der Waals surface area contributed by atoms with Gasteiger partial charge in [-0.15, -0.1) is 0 Å². The lowest BCUT2D eigenvalue weighted by molar-refractivity contribution is -0.136. The Morgan fingerprint density at radius 1 is 0.800 bits per heavy atom. The minimum atomic E-state index is -0.887. The van der Waals surface area contributed by atoms with Gasteiger partial charge in [0.1, 0.15) is 17.1 Å². The normalized spacial score (nSPS) is 11.0. The fourth-order valence-corrected chi connectivity index (χ4v) is 4.31. The van der Waals surface area contributed by atoms with Gasteiger partial charge in [0.2, 0.25) is 0 Å². The Morgan fingerprint density at radius 2 is 1.49 bits per heavy atom. The first kappa shape index (κ1) is 22.3. The van der Waals surface area contributed by atoms with Crippen LogP contribution in [0.5, 0.6) is 5.75 Å². The van der Waals surface area contributed by atoms with Gasteiger partial charge in [-0.05, 0) is 40.5 Å². The number of phenols is 1. The van der Waals surface area contributed by atoms with E-state index in [-0.39, 0.29) is 18.7 Å².